The number of nitrogens with one attached hydrogen (secondary N) is 1. The number of likely N-dealkylation sites (N-methyl/N-ethyl adjacent to an activating group) is 1. The lowest BCUT2D eigenvalue weighted by Crippen LogP contribution is -2.34. The number of amides is 1. The monoisotopic (exact) mass is 368 g/mol. The van der Waals surface area contributed by atoms with Gasteiger partial charge in [0.15, 0.2) is 0 Å². The number of nitrogens with zero attached hydrogens (tertiary/aromatic N) is 3. The minimum Gasteiger partial charge on any atom is -0.468 e. The van der Waals surface area contributed by atoms with E-state index in [0.717, 1.165) is 11.3 Å². The van der Waals surface area contributed by atoms with E-state index < -0.39 is 0 Å². The van der Waals surface area contributed by atoms with Gasteiger partial charge in [0, 0.05) is 24.9 Å². The zero-order chi connectivity index (χ0) is 19.2. The summed E-state index contributed by atoms with van der Waals surface area (Å²) < 4.78 is 11.1. The van der Waals surface area contributed by atoms with Crippen molar-refractivity contribution in [1.82, 2.24) is 20.4 Å². The van der Waals surface area contributed by atoms with Crippen LogP contribution in [0.5, 0.6) is 0 Å². The third-order valence-corrected chi connectivity index (χ3v) is 4.32. The molecule has 0 spiro atoms. The molecule has 7 heteroatoms. The molecule has 27 heavy (non-hydrogen) atoms. The van der Waals surface area contributed by atoms with Gasteiger partial charge in [-0.2, -0.15) is 0 Å². The Bertz CT molecular complexity index is 854. The summed E-state index contributed by atoms with van der Waals surface area (Å²) in [6.07, 6.45) is 2.32. The first-order valence-electron chi connectivity index (χ1n) is 8.89. The highest BCUT2D eigenvalue weighted by atomic mass is 16.4. The lowest BCUT2D eigenvalue weighted by atomic mass is 10.1. The smallest absolute Gasteiger partial charge is 0.247 e. The predicted molar refractivity (Wildman–Crippen MR) is 101 cm³/mol. The second-order valence-corrected chi connectivity index (χ2v) is 6.67. The van der Waals surface area contributed by atoms with E-state index in [-0.39, 0.29) is 18.4 Å². The molecule has 2 aromatic heterocycles. The van der Waals surface area contributed by atoms with Crippen LogP contribution < -0.4 is 5.32 Å². The first-order chi connectivity index (χ1) is 13.0. The molecule has 0 fully saturated rings. The van der Waals surface area contributed by atoms with E-state index in [0.29, 0.717) is 24.7 Å². The van der Waals surface area contributed by atoms with Crippen LogP contribution in [-0.4, -0.2) is 41.6 Å². The fourth-order valence-corrected chi connectivity index (χ4v) is 2.71. The summed E-state index contributed by atoms with van der Waals surface area (Å²) in [5.74, 6) is 1.68. The molecule has 142 valence electrons. The van der Waals surface area contributed by atoms with Gasteiger partial charge in [0.25, 0.3) is 0 Å². The molecule has 0 aliphatic carbocycles. The van der Waals surface area contributed by atoms with Crippen LogP contribution in [0.25, 0.3) is 11.5 Å². The van der Waals surface area contributed by atoms with Gasteiger partial charge in [0.05, 0.1) is 12.3 Å². The molecule has 0 bridgehead atoms. The summed E-state index contributed by atoms with van der Waals surface area (Å²) in [6, 6.07) is 11.6. The van der Waals surface area contributed by atoms with E-state index in [4.69, 9.17) is 8.83 Å². The second-order valence-electron chi connectivity index (χ2n) is 6.67. The van der Waals surface area contributed by atoms with Crippen LogP contribution in [0, 0.1) is 6.92 Å². The third-order valence-electron chi connectivity index (χ3n) is 4.32. The van der Waals surface area contributed by atoms with Crippen molar-refractivity contribution in [1.29, 1.82) is 0 Å². The van der Waals surface area contributed by atoms with Gasteiger partial charge < -0.3 is 14.2 Å². The molecule has 1 aromatic carbocycles. The van der Waals surface area contributed by atoms with Gasteiger partial charge in [-0.1, -0.05) is 17.7 Å². The zero-order valence-electron chi connectivity index (χ0n) is 15.8. The lowest BCUT2D eigenvalue weighted by Gasteiger charge is -2.22. The van der Waals surface area contributed by atoms with Gasteiger partial charge in [-0.05, 0) is 45.3 Å². The number of carbonyl (C=O) groups is 1. The molecular weight excluding hydrogens is 344 g/mol. The van der Waals surface area contributed by atoms with Gasteiger partial charge in [-0.25, -0.2) is 0 Å². The minimum absolute atomic E-state index is 0.0134. The number of furan rings is 1. The molecule has 3 rings (SSSR count). The third kappa shape index (κ3) is 5.04. The van der Waals surface area contributed by atoms with Crippen molar-refractivity contribution in [3.05, 3.63) is 59.9 Å². The zero-order valence-corrected chi connectivity index (χ0v) is 15.8. The van der Waals surface area contributed by atoms with Crippen molar-refractivity contribution >= 4 is 5.91 Å². The maximum Gasteiger partial charge on any atom is 0.247 e. The molecule has 1 amide bonds. The molecule has 3 aromatic rings. The van der Waals surface area contributed by atoms with Crippen LogP contribution in [0.1, 0.15) is 29.7 Å². The number of benzene rings is 1. The van der Waals surface area contributed by atoms with Gasteiger partial charge in [-0.15, -0.1) is 10.2 Å². The Morgan fingerprint density at radius 1 is 1.19 bits per heavy atom. The average Bonchev–Trinajstić information content (AvgIpc) is 3.33. The Morgan fingerprint density at radius 3 is 2.63 bits per heavy atom. The Kier molecular flexibility index (Phi) is 6.03. The maximum atomic E-state index is 12.2. The molecule has 1 atom stereocenters. The van der Waals surface area contributed by atoms with E-state index in [1.807, 2.05) is 62.3 Å². The number of aryl methyl sites for hydroxylation is 2. The molecule has 2 heterocycles. The summed E-state index contributed by atoms with van der Waals surface area (Å²) >= 11 is 0. The van der Waals surface area contributed by atoms with Gasteiger partial charge in [0.2, 0.25) is 17.7 Å². The summed E-state index contributed by atoms with van der Waals surface area (Å²) in [5, 5.41) is 11.0. The van der Waals surface area contributed by atoms with Gasteiger partial charge in [-0.3, -0.25) is 9.69 Å². The minimum atomic E-state index is -0.0662. The largest absolute Gasteiger partial charge is 0.468 e. The van der Waals surface area contributed by atoms with Crippen LogP contribution in [0.15, 0.2) is 51.5 Å². The van der Waals surface area contributed by atoms with Crippen LogP contribution >= 0.6 is 0 Å². The van der Waals surface area contributed by atoms with Crippen molar-refractivity contribution in [2.24, 2.45) is 0 Å². The summed E-state index contributed by atoms with van der Waals surface area (Å²) in [4.78, 5) is 14.2. The van der Waals surface area contributed by atoms with Crippen LogP contribution in [0.2, 0.25) is 0 Å². The van der Waals surface area contributed by atoms with Crippen LogP contribution in [0.3, 0.4) is 0 Å². The number of hydrogen-bond donors (Lipinski definition) is 1. The van der Waals surface area contributed by atoms with E-state index in [2.05, 4.69) is 15.5 Å². The first kappa shape index (κ1) is 18.8. The quantitative estimate of drug-likeness (QED) is 0.658. The van der Waals surface area contributed by atoms with Crippen molar-refractivity contribution in [3.8, 4) is 11.5 Å². The molecule has 7 nitrogen and oxygen atoms in total. The van der Waals surface area contributed by atoms with Crippen molar-refractivity contribution in [2.75, 3.05) is 20.6 Å². The van der Waals surface area contributed by atoms with Crippen molar-refractivity contribution in [2.45, 2.75) is 25.8 Å². The predicted octanol–water partition coefficient (Wildman–Crippen LogP) is 2.99. The van der Waals surface area contributed by atoms with E-state index in [1.54, 1.807) is 6.26 Å². The van der Waals surface area contributed by atoms with Crippen LogP contribution in [-0.2, 0) is 11.2 Å². The fraction of sp³-hybridized carbons (Fsp3) is 0.350. The highest BCUT2D eigenvalue weighted by Crippen LogP contribution is 2.19. The Labute approximate surface area is 158 Å². The SMILES string of the molecule is Cc1ccc(-c2nnc(CCC(=O)NCC(c3ccco3)N(C)C)o2)cc1. The van der Waals surface area contributed by atoms with E-state index in [9.17, 15) is 4.79 Å². The lowest BCUT2D eigenvalue weighted by molar-refractivity contribution is -0.121. The number of aromatic nitrogens is 2. The summed E-state index contributed by atoms with van der Waals surface area (Å²) in [7, 11) is 3.90. The Morgan fingerprint density at radius 2 is 1.96 bits per heavy atom. The molecule has 0 radical (unpaired) electrons. The number of rotatable bonds is 8. The Hall–Kier alpha value is -2.93. The average molecular weight is 368 g/mol. The molecule has 0 aliphatic heterocycles. The highest BCUT2D eigenvalue weighted by Gasteiger charge is 2.18. The van der Waals surface area contributed by atoms with Crippen molar-refractivity contribution in [3.63, 3.8) is 0 Å². The Balaban J connectivity index is 1.50. The molecule has 1 N–H and O–H groups in total. The van der Waals surface area contributed by atoms with Gasteiger partial charge >= 0.3 is 0 Å². The first-order valence-corrected chi connectivity index (χ1v) is 8.89. The molecule has 0 saturated heterocycles. The number of carbonyl (C=O) groups excluding carboxylic acids is 1. The summed E-state index contributed by atoms with van der Waals surface area (Å²) in [5.41, 5.74) is 2.04. The topological polar surface area (TPSA) is 84.4 Å². The highest BCUT2D eigenvalue weighted by molar-refractivity contribution is 5.76. The summed E-state index contributed by atoms with van der Waals surface area (Å²) in [6.45, 7) is 2.49. The fourth-order valence-electron chi connectivity index (χ4n) is 2.71. The van der Waals surface area contributed by atoms with Crippen LogP contribution in [0.4, 0.5) is 0 Å². The normalized spacial score (nSPS) is 12.3. The maximum absolute atomic E-state index is 12.2. The van der Waals surface area contributed by atoms with E-state index in [1.165, 1.54) is 5.56 Å². The van der Waals surface area contributed by atoms with Gasteiger partial charge in [0.1, 0.15) is 5.76 Å². The molecule has 0 saturated carbocycles. The molecule has 1 unspecified atom stereocenters. The van der Waals surface area contributed by atoms with E-state index >= 15 is 0 Å². The standard InChI is InChI=1S/C20H24N4O3/c1-14-6-8-15(9-7-14)20-23-22-19(27-20)11-10-18(25)21-13-16(24(2)3)17-5-4-12-26-17/h4-9,12,16H,10-11,13H2,1-3H3,(H,21,25). The molecule has 0 aliphatic rings. The molecular formula is C20H24N4O3. The second kappa shape index (κ2) is 8.64. The number of hydrogen-bond acceptors (Lipinski definition) is 6. The van der Waals surface area contributed by atoms with Crippen molar-refractivity contribution < 1.29 is 13.6 Å².